The van der Waals surface area contributed by atoms with E-state index in [1.165, 1.54) is 6.42 Å². The molecule has 6 atom stereocenters. The summed E-state index contributed by atoms with van der Waals surface area (Å²) in [5.41, 5.74) is 1.01. The number of aliphatic hydroxyl groups is 1. The summed E-state index contributed by atoms with van der Waals surface area (Å²) in [5, 5.41) is 11.0. The average molecular weight is 455 g/mol. The molecule has 0 bridgehead atoms. The van der Waals surface area contributed by atoms with E-state index in [1.807, 2.05) is 12.1 Å². The minimum absolute atomic E-state index is 0.0905. The van der Waals surface area contributed by atoms with Crippen LogP contribution in [0.5, 0.6) is 5.88 Å². The fourth-order valence-corrected chi connectivity index (χ4v) is 7.01. The molecule has 7 heteroatoms. The normalized spacial score (nSPS) is 37.0. The highest BCUT2D eigenvalue weighted by Gasteiger charge is 2.55. The van der Waals surface area contributed by atoms with Gasteiger partial charge in [-0.05, 0) is 83.1 Å². The molecule has 0 unspecified atom stereocenters. The van der Waals surface area contributed by atoms with E-state index in [-0.39, 0.29) is 11.8 Å². The Labute approximate surface area is 197 Å². The predicted octanol–water partition coefficient (Wildman–Crippen LogP) is 3.32. The summed E-state index contributed by atoms with van der Waals surface area (Å²) < 4.78 is 18.2. The van der Waals surface area contributed by atoms with E-state index in [1.54, 1.807) is 7.11 Å². The summed E-state index contributed by atoms with van der Waals surface area (Å²) in [4.78, 5) is 17.7. The molecule has 1 N–H and O–H groups in total. The molecule has 6 nitrogen and oxygen atoms in total. The number of hydrogen-bond acceptors (Lipinski definition) is 6. The number of Topliss-reactive ketones (excluding diaryl/α,β-unsaturated/α-hetero) is 1. The third-order valence-corrected chi connectivity index (χ3v) is 9.40. The quantitative estimate of drug-likeness (QED) is 0.702. The van der Waals surface area contributed by atoms with Crippen LogP contribution >= 0.6 is 0 Å². The number of ether oxygens (including phenoxy) is 1. The number of carbonyl (C=O) groups excluding carboxylic acids is 1. The molecule has 1 aromatic rings. The van der Waals surface area contributed by atoms with Crippen LogP contribution < -0.4 is 10.2 Å². The van der Waals surface area contributed by atoms with Crippen LogP contribution in [0.4, 0.5) is 0 Å². The molecule has 1 aliphatic heterocycles. The van der Waals surface area contributed by atoms with Crippen molar-refractivity contribution in [2.45, 2.75) is 89.9 Å². The maximum atomic E-state index is 12.8. The number of aromatic nitrogens is 1. The highest BCUT2D eigenvalue weighted by atomic mass is 16.7. The van der Waals surface area contributed by atoms with Crippen molar-refractivity contribution < 1.29 is 23.9 Å². The van der Waals surface area contributed by atoms with Crippen LogP contribution in [0.15, 0.2) is 12.1 Å². The zero-order chi connectivity index (χ0) is 23.5. The summed E-state index contributed by atoms with van der Waals surface area (Å²) in [5.74, 6) is 2.32. The molecule has 180 valence electrons. The molecule has 1 aromatic heterocycles. The number of rotatable bonds is 4. The lowest BCUT2D eigenvalue weighted by Gasteiger charge is -2.44. The van der Waals surface area contributed by atoms with E-state index < -0.39 is 24.4 Å². The third kappa shape index (κ3) is 3.94. The standard InChI is InChI=1S/C26H38BNO5/c1-25(2)26(3,4)33-27(32-25)19-10-11-23(31-5)28-20(19)12-15-13-21(29)18-14-22(30)16-8-6-7-9-17(16)24(15)18/h10-11,15-18,21,24,29H,6-9,12-14H2,1-5H3/t15-,16+,17+,18+,21+,24-/m0/s1. The van der Waals surface area contributed by atoms with E-state index in [9.17, 15) is 9.90 Å². The third-order valence-electron chi connectivity index (χ3n) is 9.40. The molecule has 33 heavy (non-hydrogen) atoms. The van der Waals surface area contributed by atoms with Crippen molar-refractivity contribution in [1.29, 1.82) is 0 Å². The lowest BCUT2D eigenvalue weighted by Crippen LogP contribution is -2.44. The van der Waals surface area contributed by atoms with Crippen LogP contribution in [0.1, 0.15) is 71.9 Å². The number of aliphatic hydroxyl groups excluding tert-OH is 1. The van der Waals surface area contributed by atoms with Crippen molar-refractivity contribution in [3.8, 4) is 5.88 Å². The van der Waals surface area contributed by atoms with Gasteiger partial charge in [0, 0.05) is 23.5 Å². The minimum atomic E-state index is -0.485. The Kier molecular flexibility index (Phi) is 5.90. The zero-order valence-corrected chi connectivity index (χ0v) is 20.7. The van der Waals surface area contributed by atoms with Gasteiger partial charge in [-0.1, -0.05) is 18.9 Å². The fraction of sp³-hybridized carbons (Fsp3) is 0.769. The minimum Gasteiger partial charge on any atom is -0.481 e. The molecule has 3 aliphatic carbocycles. The zero-order valence-electron chi connectivity index (χ0n) is 20.7. The summed E-state index contributed by atoms with van der Waals surface area (Å²) in [6, 6.07) is 3.88. The molecule has 3 saturated carbocycles. The molecule has 0 radical (unpaired) electrons. The van der Waals surface area contributed by atoms with Crippen molar-refractivity contribution in [1.82, 2.24) is 4.98 Å². The molecule has 2 heterocycles. The molecule has 0 amide bonds. The second-order valence-corrected chi connectivity index (χ2v) is 11.7. The first-order chi connectivity index (χ1) is 15.6. The lowest BCUT2D eigenvalue weighted by atomic mass is 9.59. The molecular formula is C26H38BNO5. The van der Waals surface area contributed by atoms with Gasteiger partial charge >= 0.3 is 7.12 Å². The molecular weight excluding hydrogens is 417 g/mol. The Bertz CT molecular complexity index is 902. The van der Waals surface area contributed by atoms with E-state index in [4.69, 9.17) is 19.0 Å². The maximum absolute atomic E-state index is 12.8. The highest BCUT2D eigenvalue weighted by molar-refractivity contribution is 6.62. The summed E-state index contributed by atoms with van der Waals surface area (Å²) in [6.07, 6.45) is 6.08. The molecule has 5 rings (SSSR count). The molecule has 0 spiro atoms. The Balaban J connectivity index is 1.46. The number of pyridine rings is 1. The maximum Gasteiger partial charge on any atom is 0.496 e. The first-order valence-corrected chi connectivity index (χ1v) is 12.7. The number of methoxy groups -OCH3 is 1. The van der Waals surface area contributed by atoms with Gasteiger partial charge < -0.3 is 19.2 Å². The van der Waals surface area contributed by atoms with E-state index in [0.29, 0.717) is 35.8 Å². The second-order valence-electron chi connectivity index (χ2n) is 11.7. The van der Waals surface area contributed by atoms with Gasteiger partial charge in [0.1, 0.15) is 5.78 Å². The van der Waals surface area contributed by atoms with E-state index >= 15 is 0 Å². The predicted molar refractivity (Wildman–Crippen MR) is 126 cm³/mol. The van der Waals surface area contributed by atoms with Crippen LogP contribution in [0.2, 0.25) is 0 Å². The van der Waals surface area contributed by atoms with Gasteiger partial charge in [0.2, 0.25) is 5.88 Å². The van der Waals surface area contributed by atoms with Gasteiger partial charge in [-0.2, -0.15) is 0 Å². The summed E-state index contributed by atoms with van der Waals surface area (Å²) in [6.45, 7) is 8.24. The molecule has 1 saturated heterocycles. The van der Waals surface area contributed by atoms with Gasteiger partial charge in [0.15, 0.2) is 0 Å². The Hall–Kier alpha value is -1.44. The van der Waals surface area contributed by atoms with Crippen molar-refractivity contribution in [2.75, 3.05) is 7.11 Å². The number of hydrogen-bond donors (Lipinski definition) is 1. The van der Waals surface area contributed by atoms with Gasteiger partial charge in [-0.25, -0.2) is 4.98 Å². The van der Waals surface area contributed by atoms with Gasteiger partial charge in [-0.3, -0.25) is 4.79 Å². The smallest absolute Gasteiger partial charge is 0.481 e. The molecule has 4 fully saturated rings. The fourth-order valence-electron chi connectivity index (χ4n) is 7.01. The average Bonchev–Trinajstić information content (AvgIpc) is 3.19. The van der Waals surface area contributed by atoms with Gasteiger partial charge in [0.05, 0.1) is 24.4 Å². The highest BCUT2D eigenvalue weighted by Crippen LogP contribution is 2.54. The van der Waals surface area contributed by atoms with Crippen LogP contribution in [0.3, 0.4) is 0 Å². The Morgan fingerprint density at radius 3 is 2.52 bits per heavy atom. The lowest BCUT2D eigenvalue weighted by molar-refractivity contribution is -0.134. The van der Waals surface area contributed by atoms with Crippen molar-refractivity contribution in [3.63, 3.8) is 0 Å². The van der Waals surface area contributed by atoms with Crippen LogP contribution in [0, 0.1) is 29.6 Å². The summed E-state index contributed by atoms with van der Waals surface area (Å²) in [7, 11) is 1.15. The first-order valence-electron chi connectivity index (χ1n) is 12.7. The topological polar surface area (TPSA) is 77.9 Å². The number of ketones is 1. The van der Waals surface area contributed by atoms with Crippen LogP contribution in [-0.4, -0.2) is 47.4 Å². The van der Waals surface area contributed by atoms with Crippen molar-refractivity contribution in [3.05, 3.63) is 17.8 Å². The van der Waals surface area contributed by atoms with Crippen LogP contribution in [0.25, 0.3) is 0 Å². The SMILES string of the molecule is COc1ccc(B2OC(C)(C)C(C)(C)O2)c(C[C@H]2C[C@@H](O)[C@H]3CC(=O)[C@@H]4CCCC[C@H]4[C@H]23)n1. The number of carbonyl (C=O) groups is 1. The molecule has 4 aliphatic rings. The Morgan fingerprint density at radius 1 is 1.12 bits per heavy atom. The van der Waals surface area contributed by atoms with Gasteiger partial charge in [-0.15, -0.1) is 0 Å². The van der Waals surface area contributed by atoms with Crippen LogP contribution in [-0.2, 0) is 20.5 Å². The Morgan fingerprint density at radius 2 is 1.82 bits per heavy atom. The largest absolute Gasteiger partial charge is 0.496 e. The molecule has 0 aromatic carbocycles. The number of nitrogens with zero attached hydrogens (tertiary/aromatic N) is 1. The first kappa shape index (κ1) is 23.3. The van der Waals surface area contributed by atoms with E-state index in [0.717, 1.165) is 43.3 Å². The second kappa shape index (κ2) is 8.35. The number of fused-ring (bicyclic) bond motifs is 3. The summed E-state index contributed by atoms with van der Waals surface area (Å²) >= 11 is 0. The van der Waals surface area contributed by atoms with Gasteiger partial charge in [0.25, 0.3) is 0 Å². The van der Waals surface area contributed by atoms with Crippen molar-refractivity contribution >= 4 is 18.4 Å². The monoisotopic (exact) mass is 455 g/mol. The van der Waals surface area contributed by atoms with Crippen molar-refractivity contribution in [2.24, 2.45) is 29.6 Å². The van der Waals surface area contributed by atoms with E-state index in [2.05, 4.69) is 27.7 Å².